The summed E-state index contributed by atoms with van der Waals surface area (Å²) in [5.41, 5.74) is 1.30. The minimum absolute atomic E-state index is 0.0840. The third-order valence-electron chi connectivity index (χ3n) is 3.72. The Balaban J connectivity index is 1.76. The fraction of sp³-hybridized carbons (Fsp3) is 0.105. The van der Waals surface area contributed by atoms with Gasteiger partial charge in [0.15, 0.2) is 6.61 Å². The minimum Gasteiger partial charge on any atom is -0.482 e. The van der Waals surface area contributed by atoms with Crippen molar-refractivity contribution in [1.29, 1.82) is 0 Å². The Hall–Kier alpha value is -2.48. The Morgan fingerprint density at radius 3 is 2.64 bits per heavy atom. The Labute approximate surface area is 174 Å². The normalized spacial score (nSPS) is 15.4. The molecule has 2 amide bonds. The summed E-state index contributed by atoms with van der Waals surface area (Å²) in [5.74, 6) is -1.15. The van der Waals surface area contributed by atoms with Crippen LogP contribution in [-0.4, -0.2) is 33.7 Å². The van der Waals surface area contributed by atoms with Gasteiger partial charge in [-0.2, -0.15) is 0 Å². The highest BCUT2D eigenvalue weighted by Gasteiger charge is 2.35. The van der Waals surface area contributed by atoms with E-state index >= 15 is 0 Å². The molecule has 0 aromatic heterocycles. The molecule has 2 aromatic carbocycles. The molecule has 28 heavy (non-hydrogen) atoms. The number of thioether (sulfide) groups is 1. The van der Waals surface area contributed by atoms with E-state index in [1.165, 1.54) is 0 Å². The van der Waals surface area contributed by atoms with E-state index in [9.17, 15) is 14.4 Å². The van der Waals surface area contributed by atoms with Crippen molar-refractivity contribution >= 4 is 58.2 Å². The van der Waals surface area contributed by atoms with Crippen LogP contribution in [0.2, 0.25) is 10.0 Å². The number of carboxylic acids is 1. The van der Waals surface area contributed by atoms with Crippen LogP contribution in [0.15, 0.2) is 47.4 Å². The monoisotopic (exact) mass is 437 g/mol. The van der Waals surface area contributed by atoms with Gasteiger partial charge in [0.2, 0.25) is 0 Å². The topological polar surface area (TPSA) is 83.9 Å². The van der Waals surface area contributed by atoms with Crippen LogP contribution < -0.4 is 4.74 Å². The molecule has 6 nitrogen and oxygen atoms in total. The van der Waals surface area contributed by atoms with Gasteiger partial charge in [0, 0.05) is 0 Å². The van der Waals surface area contributed by atoms with Crippen molar-refractivity contribution in [3.05, 3.63) is 68.5 Å². The number of benzene rings is 2. The highest BCUT2D eigenvalue weighted by molar-refractivity contribution is 8.18. The Morgan fingerprint density at radius 2 is 1.93 bits per heavy atom. The van der Waals surface area contributed by atoms with Gasteiger partial charge in [0.25, 0.3) is 11.1 Å². The zero-order valence-electron chi connectivity index (χ0n) is 14.2. The minimum atomic E-state index is -1.09. The molecule has 0 aliphatic carbocycles. The van der Waals surface area contributed by atoms with Crippen LogP contribution in [0, 0.1) is 0 Å². The van der Waals surface area contributed by atoms with Crippen molar-refractivity contribution in [3.63, 3.8) is 0 Å². The van der Waals surface area contributed by atoms with E-state index in [0.29, 0.717) is 26.9 Å². The first kappa shape index (κ1) is 20.3. The van der Waals surface area contributed by atoms with E-state index in [1.54, 1.807) is 48.5 Å². The first-order valence-corrected chi connectivity index (χ1v) is 9.54. The lowest BCUT2D eigenvalue weighted by Gasteiger charge is -2.12. The molecular weight excluding hydrogens is 425 g/mol. The van der Waals surface area contributed by atoms with E-state index in [-0.39, 0.29) is 16.7 Å². The molecule has 9 heteroatoms. The molecule has 1 fully saturated rings. The second-order valence-electron chi connectivity index (χ2n) is 5.77. The Bertz CT molecular complexity index is 992. The van der Waals surface area contributed by atoms with Gasteiger partial charge in [-0.15, -0.1) is 0 Å². The molecule has 1 aliphatic heterocycles. The molecule has 3 rings (SSSR count). The number of amides is 2. The number of ether oxygens (including phenoxy) is 1. The number of nitrogens with zero attached hydrogens (tertiary/aromatic N) is 1. The third-order valence-corrected chi connectivity index (χ3v) is 5.36. The summed E-state index contributed by atoms with van der Waals surface area (Å²) in [4.78, 5) is 36.9. The molecule has 1 saturated heterocycles. The molecule has 2 aromatic rings. The molecule has 1 aliphatic rings. The molecule has 1 N–H and O–H groups in total. The maximum absolute atomic E-state index is 12.6. The Morgan fingerprint density at radius 1 is 1.14 bits per heavy atom. The van der Waals surface area contributed by atoms with Gasteiger partial charge in [-0.1, -0.05) is 41.4 Å². The fourth-order valence-corrected chi connectivity index (χ4v) is 3.61. The lowest BCUT2D eigenvalue weighted by Crippen LogP contribution is -2.27. The summed E-state index contributed by atoms with van der Waals surface area (Å²) in [6.45, 7) is -0.385. The number of hydrogen-bond acceptors (Lipinski definition) is 5. The number of rotatable bonds is 6. The number of halogens is 2. The molecule has 144 valence electrons. The first-order chi connectivity index (χ1) is 13.3. The summed E-state index contributed by atoms with van der Waals surface area (Å²) in [6, 6.07) is 11.5. The number of carbonyl (C=O) groups excluding carboxylic acids is 2. The van der Waals surface area contributed by atoms with Crippen LogP contribution in [0.4, 0.5) is 4.79 Å². The SMILES string of the molecule is O=C(O)COc1cccc(/C=C2\SC(=O)N(Cc3ccc(Cl)c(Cl)c3)C2=O)c1. The van der Waals surface area contributed by atoms with Gasteiger partial charge in [-0.25, -0.2) is 4.79 Å². The highest BCUT2D eigenvalue weighted by atomic mass is 35.5. The largest absolute Gasteiger partial charge is 0.482 e. The van der Waals surface area contributed by atoms with Crippen molar-refractivity contribution in [2.45, 2.75) is 6.54 Å². The standard InChI is InChI=1S/C19H13Cl2NO5S/c20-14-5-4-12(7-15(14)21)9-22-18(25)16(28-19(22)26)8-11-2-1-3-13(6-11)27-10-17(23)24/h1-8H,9-10H2,(H,23,24)/b16-8-. The molecule has 0 spiro atoms. The predicted octanol–water partition coefficient (Wildman–Crippen LogP) is 4.69. The van der Waals surface area contributed by atoms with Gasteiger partial charge in [0.1, 0.15) is 5.75 Å². The molecule has 0 atom stereocenters. The van der Waals surface area contributed by atoms with Crippen LogP contribution >= 0.6 is 35.0 Å². The zero-order chi connectivity index (χ0) is 20.3. The quantitative estimate of drug-likeness (QED) is 0.659. The number of carboxylic acid groups (broad SMARTS) is 1. The highest BCUT2D eigenvalue weighted by Crippen LogP contribution is 2.34. The lowest BCUT2D eigenvalue weighted by atomic mass is 10.2. The summed E-state index contributed by atoms with van der Waals surface area (Å²) in [5, 5.41) is 9.03. The van der Waals surface area contributed by atoms with Crippen LogP contribution in [0.1, 0.15) is 11.1 Å². The van der Waals surface area contributed by atoms with E-state index < -0.39 is 18.5 Å². The van der Waals surface area contributed by atoms with E-state index in [0.717, 1.165) is 16.7 Å². The maximum atomic E-state index is 12.6. The van der Waals surface area contributed by atoms with Crippen molar-refractivity contribution in [1.82, 2.24) is 4.90 Å². The van der Waals surface area contributed by atoms with Gasteiger partial charge in [0.05, 0.1) is 21.5 Å². The van der Waals surface area contributed by atoms with Crippen molar-refractivity contribution in [3.8, 4) is 5.75 Å². The molecule has 0 radical (unpaired) electrons. The third kappa shape index (κ3) is 4.86. The number of aliphatic carboxylic acids is 1. The van der Waals surface area contributed by atoms with E-state index in [4.69, 9.17) is 33.0 Å². The number of hydrogen-bond donors (Lipinski definition) is 1. The Kier molecular flexibility index (Phi) is 6.28. The van der Waals surface area contributed by atoms with Crippen molar-refractivity contribution in [2.75, 3.05) is 6.61 Å². The molecule has 0 unspecified atom stereocenters. The molecule has 0 saturated carbocycles. The van der Waals surface area contributed by atoms with Crippen LogP contribution in [0.5, 0.6) is 5.75 Å². The van der Waals surface area contributed by atoms with Crippen LogP contribution in [-0.2, 0) is 16.1 Å². The van der Waals surface area contributed by atoms with Crippen LogP contribution in [0.3, 0.4) is 0 Å². The average molecular weight is 438 g/mol. The zero-order valence-corrected chi connectivity index (χ0v) is 16.6. The molecule has 0 bridgehead atoms. The summed E-state index contributed by atoms with van der Waals surface area (Å²) in [7, 11) is 0. The second kappa shape index (κ2) is 8.68. The van der Waals surface area contributed by atoms with E-state index in [1.807, 2.05) is 0 Å². The smallest absolute Gasteiger partial charge is 0.341 e. The number of imide groups is 1. The average Bonchev–Trinajstić information content (AvgIpc) is 2.91. The lowest BCUT2D eigenvalue weighted by molar-refractivity contribution is -0.139. The van der Waals surface area contributed by atoms with Crippen LogP contribution in [0.25, 0.3) is 6.08 Å². The molecule has 1 heterocycles. The van der Waals surface area contributed by atoms with Gasteiger partial charge >= 0.3 is 5.97 Å². The predicted molar refractivity (Wildman–Crippen MR) is 108 cm³/mol. The number of carbonyl (C=O) groups is 3. The second-order valence-corrected chi connectivity index (χ2v) is 7.58. The van der Waals surface area contributed by atoms with Gasteiger partial charge in [-0.05, 0) is 53.2 Å². The summed E-state index contributed by atoms with van der Waals surface area (Å²) >= 11 is 12.7. The summed E-state index contributed by atoms with van der Waals surface area (Å²) < 4.78 is 5.12. The van der Waals surface area contributed by atoms with Crippen molar-refractivity contribution in [2.24, 2.45) is 0 Å². The molecular formula is C19H13Cl2NO5S. The van der Waals surface area contributed by atoms with Gasteiger partial charge < -0.3 is 9.84 Å². The first-order valence-electron chi connectivity index (χ1n) is 7.97. The summed E-state index contributed by atoms with van der Waals surface area (Å²) in [6.07, 6.45) is 1.56. The fourth-order valence-electron chi connectivity index (χ4n) is 2.45. The van der Waals surface area contributed by atoms with E-state index in [2.05, 4.69) is 0 Å². The van der Waals surface area contributed by atoms with Crippen molar-refractivity contribution < 1.29 is 24.2 Å². The van der Waals surface area contributed by atoms with Gasteiger partial charge in [-0.3, -0.25) is 14.5 Å². The maximum Gasteiger partial charge on any atom is 0.341 e.